The van der Waals surface area contributed by atoms with Gasteiger partial charge in [-0.25, -0.2) is 4.98 Å². The van der Waals surface area contributed by atoms with Crippen molar-refractivity contribution in [2.75, 3.05) is 0 Å². The van der Waals surface area contributed by atoms with Crippen molar-refractivity contribution in [2.45, 2.75) is 59.8 Å². The van der Waals surface area contributed by atoms with Gasteiger partial charge in [-0.05, 0) is 58.9 Å². The number of benzene rings is 2. The van der Waals surface area contributed by atoms with Gasteiger partial charge in [0, 0.05) is 17.6 Å². The number of nitrogens with zero attached hydrogens (tertiary/aromatic N) is 3. The minimum absolute atomic E-state index is 0.0364. The summed E-state index contributed by atoms with van der Waals surface area (Å²) in [4.78, 5) is 32.2. The molecular weight excluding hydrogens is 376 g/mol. The van der Waals surface area contributed by atoms with E-state index >= 15 is 0 Å². The number of amides is 2. The molecular formula is C24H30N4O2. The highest BCUT2D eigenvalue weighted by Crippen LogP contribution is 2.18. The first-order valence-electron chi connectivity index (χ1n) is 10.4. The number of hydrogen-bond donors (Lipinski definition) is 1. The minimum Gasteiger partial charge on any atom is -0.345 e. The molecule has 30 heavy (non-hydrogen) atoms. The fourth-order valence-electron chi connectivity index (χ4n) is 3.79. The smallest absolute Gasteiger partial charge is 0.251 e. The molecule has 0 aliphatic carbocycles. The molecule has 1 N–H and O–H groups in total. The molecule has 6 heteroatoms. The Morgan fingerprint density at radius 1 is 1.00 bits per heavy atom. The molecule has 0 aliphatic rings. The summed E-state index contributed by atoms with van der Waals surface area (Å²) in [5.41, 5.74) is 3.40. The van der Waals surface area contributed by atoms with Gasteiger partial charge < -0.3 is 14.8 Å². The average molecular weight is 407 g/mol. The van der Waals surface area contributed by atoms with Gasteiger partial charge in [0.1, 0.15) is 12.4 Å². The largest absolute Gasteiger partial charge is 0.345 e. The number of fused-ring (bicyclic) bond motifs is 1. The van der Waals surface area contributed by atoms with E-state index in [1.165, 1.54) is 0 Å². The summed E-state index contributed by atoms with van der Waals surface area (Å²) in [5.74, 6) is 0.539. The second-order valence-electron chi connectivity index (χ2n) is 8.14. The van der Waals surface area contributed by atoms with Crippen LogP contribution in [0.25, 0.3) is 11.0 Å². The lowest BCUT2D eigenvalue weighted by Gasteiger charge is -2.31. The fourth-order valence-corrected chi connectivity index (χ4v) is 3.79. The highest BCUT2D eigenvalue weighted by Gasteiger charge is 2.22. The van der Waals surface area contributed by atoms with Gasteiger partial charge in [-0.3, -0.25) is 9.59 Å². The minimum atomic E-state index is -0.161. The van der Waals surface area contributed by atoms with E-state index in [0.29, 0.717) is 11.4 Å². The van der Waals surface area contributed by atoms with E-state index in [0.717, 1.165) is 16.6 Å². The summed E-state index contributed by atoms with van der Waals surface area (Å²) in [5, 5.41) is 2.94. The number of nitrogens with one attached hydrogen (secondary N) is 1. The Morgan fingerprint density at radius 2 is 1.63 bits per heavy atom. The number of hydrogen-bond acceptors (Lipinski definition) is 3. The topological polar surface area (TPSA) is 67.2 Å². The standard InChI is InChI=1S/C24H30N4O2/c1-16(2)28(17(3)4)23(29)15-27-21-9-7-6-8-20(21)26-22(27)14-25-24(30)19-12-10-18(5)11-13-19/h6-13,16-17H,14-15H2,1-5H3,(H,25,30). The van der Waals surface area contributed by atoms with Gasteiger partial charge in [0.2, 0.25) is 5.91 Å². The molecule has 0 aliphatic heterocycles. The number of aromatic nitrogens is 2. The van der Waals surface area contributed by atoms with E-state index in [-0.39, 0.29) is 37.0 Å². The number of carbonyl (C=O) groups excluding carboxylic acids is 2. The van der Waals surface area contributed by atoms with Crippen LogP contribution < -0.4 is 5.32 Å². The summed E-state index contributed by atoms with van der Waals surface area (Å²) in [6.45, 7) is 10.5. The first-order valence-corrected chi connectivity index (χ1v) is 10.4. The first-order chi connectivity index (χ1) is 14.3. The lowest BCUT2D eigenvalue weighted by molar-refractivity contribution is -0.135. The third-order valence-electron chi connectivity index (χ3n) is 5.15. The van der Waals surface area contributed by atoms with Crippen molar-refractivity contribution in [3.63, 3.8) is 0 Å². The summed E-state index contributed by atoms with van der Waals surface area (Å²) < 4.78 is 1.91. The molecule has 0 unspecified atom stereocenters. The van der Waals surface area contributed by atoms with E-state index in [2.05, 4.69) is 10.3 Å². The van der Waals surface area contributed by atoms with Gasteiger partial charge >= 0.3 is 0 Å². The van der Waals surface area contributed by atoms with Crippen LogP contribution in [-0.2, 0) is 17.9 Å². The molecule has 0 fully saturated rings. The third kappa shape index (κ3) is 4.70. The van der Waals surface area contributed by atoms with Crippen LogP contribution in [0.2, 0.25) is 0 Å². The maximum Gasteiger partial charge on any atom is 0.251 e. The summed E-state index contributed by atoms with van der Waals surface area (Å²) in [6, 6.07) is 15.4. The molecule has 1 heterocycles. The molecule has 0 spiro atoms. The van der Waals surface area contributed by atoms with Crippen molar-refractivity contribution in [3.05, 3.63) is 65.5 Å². The second kappa shape index (κ2) is 9.11. The van der Waals surface area contributed by atoms with Crippen LogP contribution in [0.1, 0.15) is 49.4 Å². The third-order valence-corrected chi connectivity index (χ3v) is 5.15. The molecule has 2 amide bonds. The first kappa shape index (κ1) is 21.6. The van der Waals surface area contributed by atoms with Crippen LogP contribution in [0.4, 0.5) is 0 Å². The van der Waals surface area contributed by atoms with Crippen LogP contribution >= 0.6 is 0 Å². The molecule has 6 nitrogen and oxygen atoms in total. The van der Waals surface area contributed by atoms with E-state index in [1.54, 1.807) is 12.1 Å². The Balaban J connectivity index is 1.85. The highest BCUT2D eigenvalue weighted by molar-refractivity contribution is 5.94. The van der Waals surface area contributed by atoms with E-state index in [4.69, 9.17) is 0 Å². The Hall–Kier alpha value is -3.15. The molecule has 0 saturated heterocycles. The molecule has 0 saturated carbocycles. The van der Waals surface area contributed by atoms with Crippen molar-refractivity contribution in [1.29, 1.82) is 0 Å². The van der Waals surface area contributed by atoms with Gasteiger partial charge in [-0.15, -0.1) is 0 Å². The SMILES string of the molecule is Cc1ccc(C(=O)NCc2nc3ccccc3n2CC(=O)N(C(C)C)C(C)C)cc1. The predicted molar refractivity (Wildman–Crippen MR) is 119 cm³/mol. The van der Waals surface area contributed by atoms with Crippen molar-refractivity contribution in [3.8, 4) is 0 Å². The lowest BCUT2D eigenvalue weighted by atomic mass is 10.1. The van der Waals surface area contributed by atoms with Crippen molar-refractivity contribution in [1.82, 2.24) is 19.8 Å². The lowest BCUT2D eigenvalue weighted by Crippen LogP contribution is -2.44. The summed E-state index contributed by atoms with van der Waals surface area (Å²) in [7, 11) is 0. The molecule has 3 aromatic rings. The Kier molecular flexibility index (Phi) is 6.55. The van der Waals surface area contributed by atoms with Crippen molar-refractivity contribution < 1.29 is 9.59 Å². The molecule has 0 radical (unpaired) electrons. The Bertz CT molecular complexity index is 1030. The molecule has 2 aromatic carbocycles. The Labute approximate surface area is 177 Å². The number of rotatable bonds is 7. The van der Waals surface area contributed by atoms with Crippen LogP contribution in [-0.4, -0.2) is 38.3 Å². The quantitative estimate of drug-likeness (QED) is 0.647. The summed E-state index contributed by atoms with van der Waals surface area (Å²) >= 11 is 0. The maximum atomic E-state index is 13.1. The van der Waals surface area contributed by atoms with Crippen LogP contribution in [0.5, 0.6) is 0 Å². The second-order valence-corrected chi connectivity index (χ2v) is 8.14. The van der Waals surface area contributed by atoms with Crippen LogP contribution in [0.15, 0.2) is 48.5 Å². The van der Waals surface area contributed by atoms with Gasteiger partial charge in [-0.2, -0.15) is 0 Å². The molecule has 1 aromatic heterocycles. The predicted octanol–water partition coefficient (Wildman–Crippen LogP) is 3.92. The monoisotopic (exact) mass is 406 g/mol. The number of aryl methyl sites for hydroxylation is 1. The van der Waals surface area contributed by atoms with E-state index < -0.39 is 0 Å². The molecule has 3 rings (SSSR count). The highest BCUT2D eigenvalue weighted by atomic mass is 16.2. The molecule has 158 valence electrons. The van der Waals surface area contributed by atoms with Gasteiger partial charge in [0.25, 0.3) is 5.91 Å². The van der Waals surface area contributed by atoms with Crippen LogP contribution in [0, 0.1) is 6.92 Å². The zero-order valence-corrected chi connectivity index (χ0v) is 18.3. The average Bonchev–Trinajstić information content (AvgIpc) is 3.03. The maximum absolute atomic E-state index is 13.1. The summed E-state index contributed by atoms with van der Waals surface area (Å²) in [6.07, 6.45) is 0. The van der Waals surface area contributed by atoms with Gasteiger partial charge in [0.15, 0.2) is 0 Å². The number of imidazole rings is 1. The van der Waals surface area contributed by atoms with Gasteiger partial charge in [-0.1, -0.05) is 29.8 Å². The van der Waals surface area contributed by atoms with Crippen LogP contribution in [0.3, 0.4) is 0 Å². The Morgan fingerprint density at radius 3 is 2.27 bits per heavy atom. The zero-order chi connectivity index (χ0) is 21.8. The molecule has 0 bridgehead atoms. The van der Waals surface area contributed by atoms with Crippen molar-refractivity contribution in [2.24, 2.45) is 0 Å². The van der Waals surface area contributed by atoms with E-state index in [9.17, 15) is 9.59 Å². The molecule has 0 atom stereocenters. The number of carbonyl (C=O) groups is 2. The zero-order valence-electron chi connectivity index (χ0n) is 18.3. The van der Waals surface area contributed by atoms with Gasteiger partial charge in [0.05, 0.1) is 17.6 Å². The van der Waals surface area contributed by atoms with Crippen molar-refractivity contribution >= 4 is 22.8 Å². The normalized spacial score (nSPS) is 11.3. The fraction of sp³-hybridized carbons (Fsp3) is 0.375. The number of para-hydroxylation sites is 2. The van der Waals surface area contributed by atoms with E-state index in [1.807, 2.05) is 80.5 Å².